The van der Waals surface area contributed by atoms with Gasteiger partial charge >= 0.3 is 17.9 Å². The molecule has 326 valence electrons. The van der Waals surface area contributed by atoms with Gasteiger partial charge in [0, 0.05) is 19.3 Å². The van der Waals surface area contributed by atoms with Crippen LogP contribution >= 0.6 is 0 Å². The Morgan fingerprint density at radius 2 is 0.600 bits per heavy atom. The average Bonchev–Trinajstić information content (AvgIpc) is 3.15. The fourth-order valence-electron chi connectivity index (χ4n) is 7.28. The largest absolute Gasteiger partial charge is 0.462 e. The molecule has 0 aliphatic heterocycles. The van der Waals surface area contributed by atoms with E-state index in [1.165, 1.54) is 154 Å². The van der Waals surface area contributed by atoms with Crippen molar-refractivity contribution in [3.63, 3.8) is 0 Å². The first-order valence-electron chi connectivity index (χ1n) is 24.2. The fraction of sp³-hybridized carbons (Fsp3) is 0.939. The van der Waals surface area contributed by atoms with E-state index in [1.807, 2.05) is 0 Å². The average molecular weight is 779 g/mol. The van der Waals surface area contributed by atoms with Gasteiger partial charge in [0.25, 0.3) is 0 Å². The third-order valence-corrected chi connectivity index (χ3v) is 11.0. The summed E-state index contributed by atoms with van der Waals surface area (Å²) in [7, 11) is 0. The standard InChI is InChI=1S/C49H94O6/c1-6-7-8-9-10-11-12-13-14-19-26-31-36-41-49(52)55-46(43-54-48(51)40-35-30-25-21-20-23-28-33-38-45(4)5)42-53-47(50)39-34-29-24-18-16-15-17-22-27-32-37-44(2)3/h44-46H,6-43H2,1-5H3/t46-/m1/s1. The van der Waals surface area contributed by atoms with Gasteiger partial charge in [0.05, 0.1) is 0 Å². The molecule has 1 atom stereocenters. The maximum absolute atomic E-state index is 12.7. The SMILES string of the molecule is CCCCCCCCCCCCCCCC(=O)O[C@H](COC(=O)CCCCCCCCCCCCC(C)C)COC(=O)CCCCCCCCCCC(C)C. The Morgan fingerprint density at radius 1 is 0.345 bits per heavy atom. The van der Waals surface area contributed by atoms with Gasteiger partial charge in [-0.1, -0.05) is 227 Å². The Bertz CT molecular complexity index is 839. The monoisotopic (exact) mass is 779 g/mol. The molecule has 0 aliphatic carbocycles. The van der Waals surface area contributed by atoms with Crippen molar-refractivity contribution in [3.05, 3.63) is 0 Å². The van der Waals surface area contributed by atoms with E-state index in [4.69, 9.17) is 14.2 Å². The third kappa shape index (κ3) is 43.4. The van der Waals surface area contributed by atoms with Gasteiger partial charge in [-0.05, 0) is 31.1 Å². The Kier molecular flexibility index (Phi) is 40.8. The predicted molar refractivity (Wildman–Crippen MR) is 233 cm³/mol. The molecule has 6 nitrogen and oxygen atoms in total. The minimum atomic E-state index is -0.761. The van der Waals surface area contributed by atoms with Crippen molar-refractivity contribution in [2.45, 2.75) is 272 Å². The molecular weight excluding hydrogens is 685 g/mol. The summed E-state index contributed by atoms with van der Waals surface area (Å²) in [5, 5.41) is 0. The summed E-state index contributed by atoms with van der Waals surface area (Å²) in [4.78, 5) is 37.8. The van der Waals surface area contributed by atoms with Crippen LogP contribution in [-0.4, -0.2) is 37.2 Å². The maximum atomic E-state index is 12.7. The molecule has 0 unspecified atom stereocenters. The zero-order valence-corrected chi connectivity index (χ0v) is 37.6. The minimum absolute atomic E-state index is 0.0647. The number of unbranched alkanes of at least 4 members (excludes halogenated alkanes) is 28. The Morgan fingerprint density at radius 3 is 0.891 bits per heavy atom. The molecule has 0 saturated heterocycles. The molecule has 0 aromatic heterocycles. The van der Waals surface area contributed by atoms with Crippen molar-refractivity contribution >= 4 is 17.9 Å². The van der Waals surface area contributed by atoms with E-state index in [2.05, 4.69) is 34.6 Å². The highest BCUT2D eigenvalue weighted by Gasteiger charge is 2.19. The minimum Gasteiger partial charge on any atom is -0.462 e. The van der Waals surface area contributed by atoms with Crippen molar-refractivity contribution in [2.24, 2.45) is 11.8 Å². The Hall–Kier alpha value is -1.59. The van der Waals surface area contributed by atoms with Gasteiger partial charge in [0.2, 0.25) is 0 Å². The first kappa shape index (κ1) is 53.4. The van der Waals surface area contributed by atoms with Gasteiger partial charge in [-0.3, -0.25) is 14.4 Å². The van der Waals surface area contributed by atoms with Crippen LogP contribution in [0.2, 0.25) is 0 Å². The second-order valence-corrected chi connectivity index (χ2v) is 17.7. The molecule has 0 aromatic carbocycles. The van der Waals surface area contributed by atoms with E-state index in [0.717, 1.165) is 69.6 Å². The van der Waals surface area contributed by atoms with E-state index >= 15 is 0 Å². The lowest BCUT2D eigenvalue weighted by molar-refractivity contribution is -0.167. The van der Waals surface area contributed by atoms with Crippen molar-refractivity contribution in [1.82, 2.24) is 0 Å². The van der Waals surface area contributed by atoms with Gasteiger partial charge in [-0.25, -0.2) is 0 Å². The summed E-state index contributed by atoms with van der Waals surface area (Å²) < 4.78 is 16.8. The zero-order valence-electron chi connectivity index (χ0n) is 37.6. The van der Waals surface area contributed by atoms with Gasteiger partial charge in [0.15, 0.2) is 6.10 Å². The van der Waals surface area contributed by atoms with E-state index in [0.29, 0.717) is 19.3 Å². The second kappa shape index (κ2) is 42.0. The lowest BCUT2D eigenvalue weighted by Crippen LogP contribution is -2.30. The Balaban J connectivity index is 4.33. The van der Waals surface area contributed by atoms with Gasteiger partial charge in [0.1, 0.15) is 13.2 Å². The van der Waals surface area contributed by atoms with Crippen LogP contribution in [0.4, 0.5) is 0 Å². The van der Waals surface area contributed by atoms with Crippen LogP contribution in [0, 0.1) is 11.8 Å². The van der Waals surface area contributed by atoms with Crippen molar-refractivity contribution < 1.29 is 28.6 Å². The number of rotatable bonds is 43. The first-order valence-corrected chi connectivity index (χ1v) is 24.2. The van der Waals surface area contributed by atoms with Crippen LogP contribution in [0.1, 0.15) is 266 Å². The number of hydrogen-bond donors (Lipinski definition) is 0. The molecule has 0 aromatic rings. The van der Waals surface area contributed by atoms with Crippen molar-refractivity contribution in [1.29, 1.82) is 0 Å². The molecule has 0 radical (unpaired) electrons. The predicted octanol–water partition coefficient (Wildman–Crippen LogP) is 15.4. The van der Waals surface area contributed by atoms with E-state index in [9.17, 15) is 14.4 Å². The first-order chi connectivity index (χ1) is 26.7. The van der Waals surface area contributed by atoms with Crippen LogP contribution in [0.25, 0.3) is 0 Å². The summed E-state index contributed by atoms with van der Waals surface area (Å²) in [5.74, 6) is 0.760. The van der Waals surface area contributed by atoms with Gasteiger partial charge in [-0.2, -0.15) is 0 Å². The molecular formula is C49H94O6. The number of hydrogen-bond acceptors (Lipinski definition) is 6. The number of esters is 3. The van der Waals surface area contributed by atoms with Crippen LogP contribution in [0.3, 0.4) is 0 Å². The second-order valence-electron chi connectivity index (χ2n) is 17.7. The number of ether oxygens (including phenoxy) is 3. The molecule has 6 heteroatoms. The summed E-state index contributed by atoms with van der Waals surface area (Å²) in [6, 6.07) is 0. The summed E-state index contributed by atoms with van der Waals surface area (Å²) in [5.41, 5.74) is 0. The van der Waals surface area contributed by atoms with Crippen molar-refractivity contribution in [3.8, 4) is 0 Å². The normalized spacial score (nSPS) is 12.1. The molecule has 0 spiro atoms. The summed E-state index contributed by atoms with van der Waals surface area (Å²) >= 11 is 0. The van der Waals surface area contributed by atoms with Crippen molar-refractivity contribution in [2.75, 3.05) is 13.2 Å². The lowest BCUT2D eigenvalue weighted by atomic mass is 10.0. The van der Waals surface area contributed by atoms with Crippen LogP contribution in [0.5, 0.6) is 0 Å². The Labute approximate surface area is 342 Å². The highest BCUT2D eigenvalue weighted by atomic mass is 16.6. The van der Waals surface area contributed by atoms with Gasteiger partial charge < -0.3 is 14.2 Å². The quantitative estimate of drug-likeness (QED) is 0.0348. The molecule has 0 saturated carbocycles. The van der Waals surface area contributed by atoms with Crippen LogP contribution in [-0.2, 0) is 28.6 Å². The molecule has 0 heterocycles. The van der Waals surface area contributed by atoms with E-state index in [-0.39, 0.29) is 31.1 Å². The highest BCUT2D eigenvalue weighted by Crippen LogP contribution is 2.17. The summed E-state index contributed by atoms with van der Waals surface area (Å²) in [6.07, 6.45) is 40.9. The molecule has 55 heavy (non-hydrogen) atoms. The van der Waals surface area contributed by atoms with E-state index < -0.39 is 6.10 Å². The zero-order chi connectivity index (χ0) is 40.5. The molecule has 0 N–H and O–H groups in total. The van der Waals surface area contributed by atoms with Crippen LogP contribution < -0.4 is 0 Å². The van der Waals surface area contributed by atoms with E-state index in [1.54, 1.807) is 0 Å². The molecule has 0 bridgehead atoms. The molecule has 0 aliphatic rings. The molecule has 0 fully saturated rings. The fourth-order valence-corrected chi connectivity index (χ4v) is 7.28. The van der Waals surface area contributed by atoms with Gasteiger partial charge in [-0.15, -0.1) is 0 Å². The highest BCUT2D eigenvalue weighted by molar-refractivity contribution is 5.71. The van der Waals surface area contributed by atoms with Crippen LogP contribution in [0.15, 0.2) is 0 Å². The molecule has 0 rings (SSSR count). The third-order valence-electron chi connectivity index (χ3n) is 11.0. The lowest BCUT2D eigenvalue weighted by Gasteiger charge is -2.18. The number of carbonyl (C=O) groups is 3. The topological polar surface area (TPSA) is 78.9 Å². The smallest absolute Gasteiger partial charge is 0.306 e. The summed E-state index contributed by atoms with van der Waals surface area (Å²) in [6.45, 7) is 11.3. The molecule has 0 amide bonds. The number of carbonyl (C=O) groups excluding carboxylic acids is 3. The maximum Gasteiger partial charge on any atom is 0.306 e.